The third-order valence-electron chi connectivity index (χ3n) is 6.03. The predicted octanol–water partition coefficient (Wildman–Crippen LogP) is 3.02. The van der Waals surface area contributed by atoms with Crippen LogP contribution >= 0.6 is 12.4 Å². The van der Waals surface area contributed by atoms with E-state index in [1.807, 2.05) is 36.4 Å². The van der Waals surface area contributed by atoms with Gasteiger partial charge in [-0.3, -0.25) is 9.59 Å². The summed E-state index contributed by atoms with van der Waals surface area (Å²) in [6.07, 6.45) is 2.03. The number of carbonyl (C=O) groups excluding carboxylic acids is 2. The van der Waals surface area contributed by atoms with Crippen molar-refractivity contribution in [3.05, 3.63) is 71.3 Å². The van der Waals surface area contributed by atoms with E-state index < -0.39 is 0 Å². The lowest BCUT2D eigenvalue weighted by Gasteiger charge is -2.39. The van der Waals surface area contributed by atoms with Gasteiger partial charge in [0.1, 0.15) is 0 Å². The summed E-state index contributed by atoms with van der Waals surface area (Å²) in [6.45, 7) is 1.48. The first-order valence-electron chi connectivity index (χ1n) is 10.0. The van der Waals surface area contributed by atoms with Crippen LogP contribution in [0.1, 0.15) is 41.6 Å². The van der Waals surface area contributed by atoms with Gasteiger partial charge in [-0.25, -0.2) is 0 Å². The average molecular weight is 414 g/mol. The van der Waals surface area contributed by atoms with Gasteiger partial charge in [0.2, 0.25) is 11.8 Å². The SMILES string of the molecule is CN1C(=O)CCC(C(=O)NCC2NCCc3ccccc32)C1c1ccccc1.Cl. The van der Waals surface area contributed by atoms with Crippen LogP contribution in [0.4, 0.5) is 0 Å². The van der Waals surface area contributed by atoms with Crippen molar-refractivity contribution in [2.45, 2.75) is 31.3 Å². The van der Waals surface area contributed by atoms with Crippen molar-refractivity contribution in [1.82, 2.24) is 15.5 Å². The average Bonchev–Trinajstić information content (AvgIpc) is 2.74. The van der Waals surface area contributed by atoms with Crippen LogP contribution < -0.4 is 10.6 Å². The molecule has 5 nitrogen and oxygen atoms in total. The standard InChI is InChI=1S/C23H27N3O2.ClH/c1-26-21(27)12-11-19(22(26)17-8-3-2-4-9-17)23(28)25-15-20-18-10-6-5-7-16(18)13-14-24-20;/h2-10,19-20,22,24H,11-15H2,1H3,(H,25,28);1H. The van der Waals surface area contributed by atoms with Gasteiger partial charge in [-0.05, 0) is 36.1 Å². The molecule has 2 aromatic rings. The fraction of sp³-hybridized carbons (Fsp3) is 0.391. The highest BCUT2D eigenvalue weighted by Crippen LogP contribution is 2.36. The van der Waals surface area contributed by atoms with Crippen molar-refractivity contribution in [1.29, 1.82) is 0 Å². The van der Waals surface area contributed by atoms with Gasteiger partial charge in [-0.2, -0.15) is 0 Å². The summed E-state index contributed by atoms with van der Waals surface area (Å²) in [6, 6.07) is 18.2. The zero-order valence-electron chi connectivity index (χ0n) is 16.6. The highest BCUT2D eigenvalue weighted by molar-refractivity contribution is 5.85. The molecule has 4 rings (SSSR count). The quantitative estimate of drug-likeness (QED) is 0.809. The van der Waals surface area contributed by atoms with Crippen molar-refractivity contribution in [2.75, 3.05) is 20.1 Å². The summed E-state index contributed by atoms with van der Waals surface area (Å²) in [5.74, 6) is -0.109. The van der Waals surface area contributed by atoms with Crippen LogP contribution in [0.3, 0.4) is 0 Å². The minimum atomic E-state index is -0.232. The molecule has 0 aliphatic carbocycles. The van der Waals surface area contributed by atoms with Gasteiger partial charge in [-0.15, -0.1) is 12.4 Å². The summed E-state index contributed by atoms with van der Waals surface area (Å²) in [7, 11) is 1.80. The number of piperidine rings is 1. The van der Waals surface area contributed by atoms with Gasteiger partial charge in [0.25, 0.3) is 0 Å². The maximum Gasteiger partial charge on any atom is 0.225 e. The number of rotatable bonds is 4. The van der Waals surface area contributed by atoms with Crippen molar-refractivity contribution >= 4 is 24.2 Å². The first-order chi connectivity index (χ1) is 13.6. The first kappa shape index (κ1) is 21.3. The van der Waals surface area contributed by atoms with Crippen molar-refractivity contribution < 1.29 is 9.59 Å². The molecule has 2 aromatic carbocycles. The lowest BCUT2D eigenvalue weighted by Crippen LogP contribution is -2.48. The lowest BCUT2D eigenvalue weighted by atomic mass is 9.84. The Kier molecular flexibility index (Phi) is 6.93. The number of nitrogens with zero attached hydrogens (tertiary/aromatic N) is 1. The zero-order valence-corrected chi connectivity index (χ0v) is 17.5. The van der Waals surface area contributed by atoms with Crippen LogP contribution in [-0.4, -0.2) is 36.9 Å². The number of halogens is 1. The molecule has 6 heteroatoms. The van der Waals surface area contributed by atoms with E-state index in [1.54, 1.807) is 11.9 Å². The molecular weight excluding hydrogens is 386 g/mol. The van der Waals surface area contributed by atoms with Gasteiger partial charge in [0.15, 0.2) is 0 Å². The van der Waals surface area contributed by atoms with Gasteiger partial charge in [0, 0.05) is 26.1 Å². The molecule has 0 spiro atoms. The number of nitrogens with one attached hydrogen (secondary N) is 2. The van der Waals surface area contributed by atoms with E-state index in [-0.39, 0.29) is 42.2 Å². The second-order valence-corrected chi connectivity index (χ2v) is 7.71. The maximum absolute atomic E-state index is 13.1. The Balaban J connectivity index is 0.00000240. The van der Waals surface area contributed by atoms with E-state index in [0.717, 1.165) is 18.5 Å². The molecule has 2 amide bonds. The van der Waals surface area contributed by atoms with E-state index in [9.17, 15) is 9.59 Å². The Labute approximate surface area is 178 Å². The number of benzene rings is 2. The normalized spacial score (nSPS) is 23.7. The number of hydrogen-bond donors (Lipinski definition) is 2. The molecule has 0 aromatic heterocycles. The number of amides is 2. The largest absolute Gasteiger partial charge is 0.354 e. The topological polar surface area (TPSA) is 61.4 Å². The van der Waals surface area contributed by atoms with E-state index >= 15 is 0 Å². The fourth-order valence-corrected chi connectivity index (χ4v) is 4.53. The molecule has 29 heavy (non-hydrogen) atoms. The van der Waals surface area contributed by atoms with Crippen LogP contribution in [0.5, 0.6) is 0 Å². The summed E-state index contributed by atoms with van der Waals surface area (Å²) in [4.78, 5) is 27.1. The van der Waals surface area contributed by atoms with Gasteiger partial charge >= 0.3 is 0 Å². The summed E-state index contributed by atoms with van der Waals surface area (Å²) < 4.78 is 0. The molecule has 3 atom stereocenters. The van der Waals surface area contributed by atoms with E-state index in [1.165, 1.54) is 11.1 Å². The van der Waals surface area contributed by atoms with Gasteiger partial charge < -0.3 is 15.5 Å². The number of fused-ring (bicyclic) bond motifs is 1. The van der Waals surface area contributed by atoms with Gasteiger partial charge in [0.05, 0.1) is 12.0 Å². The van der Waals surface area contributed by atoms with Crippen LogP contribution in [0, 0.1) is 5.92 Å². The summed E-state index contributed by atoms with van der Waals surface area (Å²) in [5, 5.41) is 6.67. The molecule has 0 bridgehead atoms. The Hall–Kier alpha value is -2.37. The third kappa shape index (κ3) is 4.46. The second-order valence-electron chi connectivity index (χ2n) is 7.71. The first-order valence-corrected chi connectivity index (χ1v) is 10.0. The third-order valence-corrected chi connectivity index (χ3v) is 6.03. The Morgan fingerprint density at radius 1 is 1.10 bits per heavy atom. The fourth-order valence-electron chi connectivity index (χ4n) is 4.53. The van der Waals surface area contributed by atoms with Crippen LogP contribution in [0.25, 0.3) is 0 Å². The molecule has 0 saturated carbocycles. The van der Waals surface area contributed by atoms with Crippen LogP contribution in [0.2, 0.25) is 0 Å². The highest BCUT2D eigenvalue weighted by atomic mass is 35.5. The van der Waals surface area contributed by atoms with Gasteiger partial charge in [-0.1, -0.05) is 54.6 Å². The number of carbonyl (C=O) groups is 2. The van der Waals surface area contributed by atoms with E-state index in [4.69, 9.17) is 0 Å². The van der Waals surface area contributed by atoms with Crippen LogP contribution in [0.15, 0.2) is 54.6 Å². The molecule has 0 radical (unpaired) electrons. The zero-order chi connectivity index (χ0) is 19.5. The van der Waals surface area contributed by atoms with E-state index in [0.29, 0.717) is 19.4 Å². The molecular formula is C23H28ClN3O2. The summed E-state index contributed by atoms with van der Waals surface area (Å²) in [5.41, 5.74) is 3.63. The molecule has 2 N–H and O–H groups in total. The van der Waals surface area contributed by atoms with Crippen molar-refractivity contribution in [3.63, 3.8) is 0 Å². The lowest BCUT2D eigenvalue weighted by molar-refractivity contribution is -0.141. The number of likely N-dealkylation sites (tertiary alicyclic amines) is 1. The van der Waals surface area contributed by atoms with E-state index in [2.05, 4.69) is 28.8 Å². The molecule has 2 aliphatic heterocycles. The smallest absolute Gasteiger partial charge is 0.225 e. The molecule has 3 unspecified atom stereocenters. The molecule has 2 aliphatic rings. The molecule has 1 fully saturated rings. The Bertz CT molecular complexity index is 858. The molecule has 2 heterocycles. The Morgan fingerprint density at radius 3 is 2.62 bits per heavy atom. The second kappa shape index (κ2) is 9.42. The number of hydrogen-bond acceptors (Lipinski definition) is 3. The predicted molar refractivity (Wildman–Crippen MR) is 116 cm³/mol. The Morgan fingerprint density at radius 2 is 1.83 bits per heavy atom. The molecule has 154 valence electrons. The minimum Gasteiger partial charge on any atom is -0.354 e. The van der Waals surface area contributed by atoms with Crippen molar-refractivity contribution in [2.24, 2.45) is 5.92 Å². The monoisotopic (exact) mass is 413 g/mol. The summed E-state index contributed by atoms with van der Waals surface area (Å²) >= 11 is 0. The minimum absolute atomic E-state index is 0. The van der Waals surface area contributed by atoms with Crippen molar-refractivity contribution in [3.8, 4) is 0 Å². The highest BCUT2D eigenvalue weighted by Gasteiger charge is 2.38. The van der Waals surface area contributed by atoms with Crippen LogP contribution in [-0.2, 0) is 16.0 Å². The molecule has 1 saturated heterocycles. The maximum atomic E-state index is 13.1.